The van der Waals surface area contributed by atoms with Gasteiger partial charge < -0.3 is 10.4 Å². The molecule has 0 aliphatic heterocycles. The maximum Gasteiger partial charge on any atom is 0.234 e. The molecule has 2 N–H and O–H groups in total. The van der Waals surface area contributed by atoms with Crippen molar-refractivity contribution < 1.29 is 9.90 Å². The summed E-state index contributed by atoms with van der Waals surface area (Å²) < 4.78 is 1.86. The van der Waals surface area contributed by atoms with E-state index in [-0.39, 0.29) is 17.4 Å². The summed E-state index contributed by atoms with van der Waals surface area (Å²) >= 11 is 13.3. The van der Waals surface area contributed by atoms with Gasteiger partial charge in [-0.3, -0.25) is 9.36 Å². The normalized spacial score (nSPS) is 10.9. The number of carbonyl (C=O) groups excluding carboxylic acids is 1. The molecule has 6 nitrogen and oxygen atoms in total. The molecule has 0 spiro atoms. The predicted octanol–water partition coefficient (Wildman–Crippen LogP) is 6.29. The van der Waals surface area contributed by atoms with Gasteiger partial charge in [0.25, 0.3) is 0 Å². The highest BCUT2D eigenvalue weighted by Gasteiger charge is 2.20. The van der Waals surface area contributed by atoms with Crippen molar-refractivity contribution in [1.29, 1.82) is 0 Å². The molecular weight excluding hydrogens is 479 g/mol. The van der Waals surface area contributed by atoms with Gasteiger partial charge in [-0.2, -0.15) is 0 Å². The molecule has 0 bridgehead atoms. The van der Waals surface area contributed by atoms with Crippen molar-refractivity contribution in [2.75, 3.05) is 11.1 Å². The number of para-hydroxylation sites is 1. The molecule has 0 fully saturated rings. The standard InChI is InChI=1S/C24H20Cl2N4O2S/c1-14-7-8-20(15(2)9-14)30-23(19-5-3-4-6-21(19)31)28-29-24(30)33-13-22(32)27-18-11-16(25)10-17(26)12-18/h3-12,31H,13H2,1-2H3,(H,27,32). The number of hydrogen-bond donors (Lipinski definition) is 2. The molecule has 0 aliphatic rings. The van der Waals surface area contributed by atoms with Crippen molar-refractivity contribution in [3.05, 3.63) is 81.8 Å². The lowest BCUT2D eigenvalue weighted by Crippen LogP contribution is -2.14. The van der Waals surface area contributed by atoms with E-state index >= 15 is 0 Å². The number of phenols is 1. The van der Waals surface area contributed by atoms with Crippen LogP contribution in [0, 0.1) is 13.8 Å². The van der Waals surface area contributed by atoms with Crippen molar-refractivity contribution in [1.82, 2.24) is 14.8 Å². The third-order valence-corrected chi connectivity index (χ3v) is 6.22. The molecule has 168 valence electrons. The minimum atomic E-state index is -0.238. The summed E-state index contributed by atoms with van der Waals surface area (Å²) in [5, 5.41) is 23.3. The molecule has 0 radical (unpaired) electrons. The second kappa shape index (κ2) is 9.87. The van der Waals surface area contributed by atoms with E-state index in [1.54, 1.807) is 36.4 Å². The molecule has 9 heteroatoms. The first kappa shape index (κ1) is 23.2. The van der Waals surface area contributed by atoms with Crippen molar-refractivity contribution >= 4 is 46.6 Å². The average Bonchev–Trinajstić information content (AvgIpc) is 3.15. The van der Waals surface area contributed by atoms with E-state index in [2.05, 4.69) is 21.6 Å². The average molecular weight is 499 g/mol. The minimum absolute atomic E-state index is 0.0912. The summed E-state index contributed by atoms with van der Waals surface area (Å²) in [6.45, 7) is 4.02. The topological polar surface area (TPSA) is 80.0 Å². The Kier molecular flexibility index (Phi) is 6.93. The number of aromatic hydroxyl groups is 1. The Morgan fingerprint density at radius 3 is 2.45 bits per heavy atom. The predicted molar refractivity (Wildman–Crippen MR) is 134 cm³/mol. The highest BCUT2D eigenvalue weighted by molar-refractivity contribution is 7.99. The van der Waals surface area contributed by atoms with Crippen LogP contribution in [-0.2, 0) is 4.79 Å². The second-order valence-electron chi connectivity index (χ2n) is 7.44. The Balaban J connectivity index is 1.65. The molecule has 4 rings (SSSR count). The molecule has 1 aromatic heterocycles. The van der Waals surface area contributed by atoms with E-state index in [4.69, 9.17) is 23.2 Å². The zero-order valence-corrected chi connectivity index (χ0v) is 20.2. The van der Waals surface area contributed by atoms with Gasteiger partial charge in [0.05, 0.1) is 17.0 Å². The van der Waals surface area contributed by atoms with Crippen LogP contribution >= 0.6 is 35.0 Å². The van der Waals surface area contributed by atoms with Crippen molar-refractivity contribution in [2.24, 2.45) is 0 Å². The summed E-state index contributed by atoms with van der Waals surface area (Å²) in [6, 6.07) is 17.9. The van der Waals surface area contributed by atoms with Crippen molar-refractivity contribution in [3.8, 4) is 22.8 Å². The van der Waals surface area contributed by atoms with Gasteiger partial charge in [0.1, 0.15) is 5.75 Å². The monoisotopic (exact) mass is 498 g/mol. The number of aromatic nitrogens is 3. The first-order chi connectivity index (χ1) is 15.8. The van der Waals surface area contributed by atoms with E-state index in [9.17, 15) is 9.90 Å². The van der Waals surface area contributed by atoms with Crippen LogP contribution in [0.15, 0.2) is 65.8 Å². The maximum absolute atomic E-state index is 12.6. The summed E-state index contributed by atoms with van der Waals surface area (Å²) in [7, 11) is 0. The molecule has 0 saturated heterocycles. The zero-order chi connectivity index (χ0) is 23.5. The van der Waals surface area contributed by atoms with Crippen molar-refractivity contribution in [3.63, 3.8) is 0 Å². The van der Waals surface area contributed by atoms with Gasteiger partial charge in [0.15, 0.2) is 11.0 Å². The lowest BCUT2D eigenvalue weighted by Gasteiger charge is -2.14. The first-order valence-electron chi connectivity index (χ1n) is 10.0. The number of anilines is 1. The minimum Gasteiger partial charge on any atom is -0.507 e. The van der Waals surface area contributed by atoms with Crippen LogP contribution in [0.25, 0.3) is 17.1 Å². The maximum atomic E-state index is 12.6. The Labute approximate surface area is 205 Å². The zero-order valence-electron chi connectivity index (χ0n) is 17.8. The Bertz CT molecular complexity index is 1320. The number of aryl methyl sites for hydroxylation is 2. The fourth-order valence-corrected chi connectivity index (χ4v) is 4.70. The quantitative estimate of drug-likeness (QED) is 0.305. The van der Waals surface area contributed by atoms with Crippen LogP contribution in [0.5, 0.6) is 5.75 Å². The molecular formula is C24H20Cl2N4O2S. The summed E-state index contributed by atoms with van der Waals surface area (Å²) in [6.07, 6.45) is 0. The number of benzene rings is 3. The van der Waals surface area contributed by atoms with Gasteiger partial charge in [-0.1, -0.05) is 64.8 Å². The van der Waals surface area contributed by atoms with Crippen LogP contribution in [0.1, 0.15) is 11.1 Å². The molecule has 0 aliphatic carbocycles. The SMILES string of the molecule is Cc1ccc(-n2c(SCC(=O)Nc3cc(Cl)cc(Cl)c3)nnc2-c2ccccc2O)c(C)c1. The van der Waals surface area contributed by atoms with Crippen molar-refractivity contribution in [2.45, 2.75) is 19.0 Å². The second-order valence-corrected chi connectivity index (χ2v) is 9.26. The summed E-state index contributed by atoms with van der Waals surface area (Å²) in [4.78, 5) is 12.6. The van der Waals surface area contributed by atoms with Crippen LogP contribution in [0.2, 0.25) is 10.0 Å². The van der Waals surface area contributed by atoms with Crippen LogP contribution in [-0.4, -0.2) is 31.5 Å². The number of halogens is 2. The van der Waals surface area contributed by atoms with Crippen LogP contribution < -0.4 is 5.32 Å². The number of rotatable bonds is 6. The Morgan fingerprint density at radius 1 is 1.03 bits per heavy atom. The van der Waals surface area contributed by atoms with Gasteiger partial charge in [0, 0.05) is 15.7 Å². The number of carbonyl (C=O) groups is 1. The highest BCUT2D eigenvalue weighted by atomic mass is 35.5. The molecule has 0 unspecified atom stereocenters. The fourth-order valence-electron chi connectivity index (χ4n) is 3.43. The molecule has 0 atom stereocenters. The van der Waals surface area contributed by atoms with E-state index in [1.165, 1.54) is 11.8 Å². The van der Waals surface area contributed by atoms with Gasteiger partial charge in [0.2, 0.25) is 5.91 Å². The lowest BCUT2D eigenvalue weighted by molar-refractivity contribution is -0.113. The smallest absolute Gasteiger partial charge is 0.234 e. The third kappa shape index (κ3) is 5.33. The number of amides is 1. The summed E-state index contributed by atoms with van der Waals surface area (Å²) in [5.41, 5.74) is 4.08. The molecule has 1 heterocycles. The molecule has 0 saturated carbocycles. The molecule has 33 heavy (non-hydrogen) atoms. The molecule has 1 amide bonds. The number of hydrogen-bond acceptors (Lipinski definition) is 5. The number of thioether (sulfide) groups is 1. The van der Waals surface area contributed by atoms with Crippen LogP contribution in [0.3, 0.4) is 0 Å². The van der Waals surface area contributed by atoms with E-state index in [0.717, 1.165) is 16.8 Å². The van der Waals surface area contributed by atoms with E-state index in [1.807, 2.05) is 36.6 Å². The highest BCUT2D eigenvalue weighted by Crippen LogP contribution is 2.34. The Morgan fingerprint density at radius 2 is 1.76 bits per heavy atom. The van der Waals surface area contributed by atoms with E-state index in [0.29, 0.717) is 32.3 Å². The Hall–Kier alpha value is -3.00. The fraction of sp³-hybridized carbons (Fsp3) is 0.125. The van der Waals surface area contributed by atoms with Gasteiger partial charge >= 0.3 is 0 Å². The van der Waals surface area contributed by atoms with Gasteiger partial charge in [-0.15, -0.1) is 10.2 Å². The summed E-state index contributed by atoms with van der Waals surface area (Å²) in [5.74, 6) is 0.443. The number of nitrogens with zero attached hydrogens (tertiary/aromatic N) is 3. The first-order valence-corrected chi connectivity index (χ1v) is 11.8. The van der Waals surface area contributed by atoms with Gasteiger partial charge in [-0.25, -0.2) is 0 Å². The largest absolute Gasteiger partial charge is 0.507 e. The number of nitrogens with one attached hydrogen (secondary N) is 1. The number of phenolic OH excluding ortho intramolecular Hbond substituents is 1. The molecule has 4 aromatic rings. The van der Waals surface area contributed by atoms with Gasteiger partial charge in [-0.05, 0) is 55.8 Å². The lowest BCUT2D eigenvalue weighted by atomic mass is 10.1. The molecule has 3 aromatic carbocycles. The third-order valence-electron chi connectivity index (χ3n) is 4.85. The van der Waals surface area contributed by atoms with Crippen LogP contribution in [0.4, 0.5) is 5.69 Å². The van der Waals surface area contributed by atoms with E-state index < -0.39 is 0 Å².